The van der Waals surface area contributed by atoms with E-state index >= 15 is 0 Å². The minimum absolute atomic E-state index is 0.724. The summed E-state index contributed by atoms with van der Waals surface area (Å²) >= 11 is 0. The Bertz CT molecular complexity index is 224. The maximum absolute atomic E-state index is 5.18. The molecule has 0 amide bonds. The van der Waals surface area contributed by atoms with Crippen molar-refractivity contribution in [2.75, 3.05) is 6.54 Å². The van der Waals surface area contributed by atoms with E-state index in [2.05, 4.69) is 23.4 Å². The maximum Gasteiger partial charge on any atom is 0.0212 e. The second kappa shape index (κ2) is 3.33. The summed E-state index contributed by atoms with van der Waals surface area (Å²) < 4.78 is 0. The molecule has 0 aromatic heterocycles. The average Bonchev–Trinajstić information content (AvgIpc) is 2.41. The first-order valence-electron chi connectivity index (χ1n) is 4.75. The first-order chi connectivity index (χ1) is 5.92. The van der Waals surface area contributed by atoms with E-state index in [0.29, 0.717) is 0 Å². The van der Waals surface area contributed by atoms with Crippen molar-refractivity contribution in [3.05, 3.63) is 12.2 Å². The van der Waals surface area contributed by atoms with Crippen LogP contribution in [0.15, 0.2) is 12.2 Å². The Balaban J connectivity index is 1.71. The molecule has 1 saturated carbocycles. The van der Waals surface area contributed by atoms with E-state index in [9.17, 15) is 0 Å². The van der Waals surface area contributed by atoms with Crippen molar-refractivity contribution in [3.63, 3.8) is 0 Å². The summed E-state index contributed by atoms with van der Waals surface area (Å²) in [6.45, 7) is 0.984. The highest BCUT2D eigenvalue weighted by Gasteiger charge is 2.40. The van der Waals surface area contributed by atoms with Crippen molar-refractivity contribution in [2.45, 2.75) is 25.3 Å². The highest BCUT2D eigenvalue weighted by molar-refractivity contribution is 5.12. The van der Waals surface area contributed by atoms with Crippen molar-refractivity contribution in [2.24, 2.45) is 11.8 Å². The monoisotopic (exact) mass is 161 g/mol. The quantitative estimate of drug-likeness (QED) is 0.376. The van der Waals surface area contributed by atoms with Crippen LogP contribution in [0, 0.1) is 24.2 Å². The lowest BCUT2D eigenvalue weighted by molar-refractivity contribution is 0.165. The standard InChI is InChI=1S/C11H15N/c1-2-3-7-12-11-8-9-5-4-6-10(9)11/h1,4,6,9-12H,3,5,7-8H2. The average molecular weight is 161 g/mol. The third-order valence-electron chi connectivity index (χ3n) is 3.04. The van der Waals surface area contributed by atoms with Crippen LogP contribution in [-0.2, 0) is 0 Å². The Morgan fingerprint density at radius 1 is 1.58 bits per heavy atom. The lowest BCUT2D eigenvalue weighted by Crippen LogP contribution is -2.48. The molecule has 0 bridgehead atoms. The molecule has 64 valence electrons. The number of hydrogen-bond acceptors (Lipinski definition) is 1. The summed E-state index contributed by atoms with van der Waals surface area (Å²) in [4.78, 5) is 0. The first kappa shape index (κ1) is 7.89. The molecular weight excluding hydrogens is 146 g/mol. The predicted octanol–water partition coefficient (Wildman–Crippen LogP) is 1.56. The minimum atomic E-state index is 0.724. The van der Waals surface area contributed by atoms with Crippen molar-refractivity contribution in [3.8, 4) is 12.3 Å². The van der Waals surface area contributed by atoms with Crippen LogP contribution >= 0.6 is 0 Å². The van der Waals surface area contributed by atoms with Crippen LogP contribution in [0.2, 0.25) is 0 Å². The van der Waals surface area contributed by atoms with Gasteiger partial charge in [0, 0.05) is 19.0 Å². The summed E-state index contributed by atoms with van der Waals surface area (Å²) in [6.07, 6.45) is 13.4. The summed E-state index contributed by atoms with van der Waals surface area (Å²) in [5, 5.41) is 3.50. The van der Waals surface area contributed by atoms with Gasteiger partial charge in [-0.3, -0.25) is 0 Å². The van der Waals surface area contributed by atoms with Gasteiger partial charge in [-0.1, -0.05) is 12.2 Å². The van der Waals surface area contributed by atoms with Gasteiger partial charge < -0.3 is 5.32 Å². The smallest absolute Gasteiger partial charge is 0.0212 e. The lowest BCUT2D eigenvalue weighted by Gasteiger charge is -2.40. The highest BCUT2D eigenvalue weighted by atomic mass is 14.9. The van der Waals surface area contributed by atoms with Crippen LogP contribution in [0.1, 0.15) is 19.3 Å². The zero-order valence-corrected chi connectivity index (χ0v) is 7.29. The van der Waals surface area contributed by atoms with Gasteiger partial charge in [0.2, 0.25) is 0 Å². The Hall–Kier alpha value is -0.740. The van der Waals surface area contributed by atoms with Gasteiger partial charge in [0.25, 0.3) is 0 Å². The molecule has 2 rings (SSSR count). The fraction of sp³-hybridized carbons (Fsp3) is 0.636. The maximum atomic E-state index is 5.18. The van der Waals surface area contributed by atoms with Gasteiger partial charge in [0.1, 0.15) is 0 Å². The summed E-state index contributed by atoms with van der Waals surface area (Å²) in [6, 6.07) is 0.724. The molecule has 1 heteroatoms. The van der Waals surface area contributed by atoms with Crippen LogP contribution in [0.25, 0.3) is 0 Å². The molecule has 0 aliphatic heterocycles. The fourth-order valence-corrected chi connectivity index (χ4v) is 2.28. The molecule has 0 radical (unpaired) electrons. The van der Waals surface area contributed by atoms with Gasteiger partial charge in [-0.05, 0) is 24.7 Å². The molecule has 0 spiro atoms. The number of allylic oxidation sites excluding steroid dienone is 1. The van der Waals surface area contributed by atoms with Crippen LogP contribution in [-0.4, -0.2) is 12.6 Å². The van der Waals surface area contributed by atoms with Gasteiger partial charge >= 0.3 is 0 Å². The third-order valence-corrected chi connectivity index (χ3v) is 3.04. The summed E-state index contributed by atoms with van der Waals surface area (Å²) in [5.41, 5.74) is 0. The Kier molecular flexibility index (Phi) is 2.19. The van der Waals surface area contributed by atoms with E-state index in [0.717, 1.165) is 30.8 Å². The van der Waals surface area contributed by atoms with Crippen LogP contribution in [0.5, 0.6) is 0 Å². The molecule has 2 aliphatic rings. The molecule has 1 fully saturated rings. The second-order valence-electron chi connectivity index (χ2n) is 3.75. The molecule has 1 N–H and O–H groups in total. The van der Waals surface area contributed by atoms with Gasteiger partial charge in [0.15, 0.2) is 0 Å². The van der Waals surface area contributed by atoms with E-state index in [1.54, 1.807) is 0 Å². The van der Waals surface area contributed by atoms with Crippen LogP contribution in [0.4, 0.5) is 0 Å². The van der Waals surface area contributed by atoms with Crippen molar-refractivity contribution >= 4 is 0 Å². The molecule has 1 nitrogen and oxygen atoms in total. The minimum Gasteiger partial charge on any atom is -0.312 e. The van der Waals surface area contributed by atoms with E-state index in [1.807, 2.05) is 0 Å². The number of hydrogen-bond donors (Lipinski definition) is 1. The predicted molar refractivity (Wildman–Crippen MR) is 50.6 cm³/mol. The Labute approximate surface area is 74.2 Å². The van der Waals surface area contributed by atoms with Gasteiger partial charge in [0.05, 0.1) is 0 Å². The fourth-order valence-electron chi connectivity index (χ4n) is 2.28. The topological polar surface area (TPSA) is 12.0 Å². The van der Waals surface area contributed by atoms with E-state index in [4.69, 9.17) is 6.42 Å². The number of rotatable bonds is 3. The first-order valence-corrected chi connectivity index (χ1v) is 4.75. The SMILES string of the molecule is C#CCCNC1CC2CC=CC21. The largest absolute Gasteiger partial charge is 0.312 e. The van der Waals surface area contributed by atoms with Crippen molar-refractivity contribution < 1.29 is 0 Å². The molecule has 12 heavy (non-hydrogen) atoms. The van der Waals surface area contributed by atoms with Crippen LogP contribution < -0.4 is 5.32 Å². The molecule has 2 aliphatic carbocycles. The zero-order chi connectivity index (χ0) is 8.39. The number of terminal acetylenes is 1. The summed E-state index contributed by atoms with van der Waals surface area (Å²) in [5.74, 6) is 4.42. The molecular formula is C11H15N. The highest BCUT2D eigenvalue weighted by Crippen LogP contribution is 2.42. The van der Waals surface area contributed by atoms with Gasteiger partial charge in [-0.25, -0.2) is 0 Å². The van der Waals surface area contributed by atoms with Crippen molar-refractivity contribution in [1.82, 2.24) is 5.32 Å². The number of fused-ring (bicyclic) bond motifs is 1. The molecule has 3 unspecified atom stereocenters. The van der Waals surface area contributed by atoms with Gasteiger partial charge in [-0.2, -0.15) is 0 Å². The Morgan fingerprint density at radius 2 is 2.50 bits per heavy atom. The molecule has 0 heterocycles. The number of nitrogens with one attached hydrogen (secondary N) is 1. The van der Waals surface area contributed by atoms with E-state index in [1.165, 1.54) is 12.8 Å². The molecule has 0 aromatic carbocycles. The van der Waals surface area contributed by atoms with Crippen molar-refractivity contribution in [1.29, 1.82) is 0 Å². The third kappa shape index (κ3) is 1.28. The van der Waals surface area contributed by atoms with Crippen LogP contribution in [0.3, 0.4) is 0 Å². The van der Waals surface area contributed by atoms with Gasteiger partial charge in [-0.15, -0.1) is 12.3 Å². The lowest BCUT2D eigenvalue weighted by atomic mass is 9.71. The van der Waals surface area contributed by atoms with E-state index in [-0.39, 0.29) is 0 Å². The zero-order valence-electron chi connectivity index (χ0n) is 7.29. The molecule has 0 aromatic rings. The van der Waals surface area contributed by atoms with E-state index < -0.39 is 0 Å². The summed E-state index contributed by atoms with van der Waals surface area (Å²) in [7, 11) is 0. The molecule has 3 atom stereocenters. The second-order valence-corrected chi connectivity index (χ2v) is 3.75. The Morgan fingerprint density at radius 3 is 3.25 bits per heavy atom. The molecule has 0 saturated heterocycles. The normalized spacial score (nSPS) is 37.1.